The maximum absolute atomic E-state index is 13.5. The molecule has 0 spiro atoms. The Morgan fingerprint density at radius 2 is 1.85 bits per heavy atom. The first-order chi connectivity index (χ1) is 13.0. The molecule has 0 atom stereocenters. The average molecular weight is 405 g/mol. The fourth-order valence-corrected chi connectivity index (χ4v) is 2.79. The van der Waals surface area contributed by atoms with Crippen molar-refractivity contribution >= 4 is 29.1 Å². The van der Waals surface area contributed by atoms with Gasteiger partial charge in [-0.05, 0) is 42.0 Å². The van der Waals surface area contributed by atoms with E-state index in [1.807, 2.05) is 30.3 Å². The maximum Gasteiger partial charge on any atom is 0.253 e. The first kappa shape index (κ1) is 19.1. The van der Waals surface area contributed by atoms with Crippen molar-refractivity contribution in [2.75, 3.05) is 0 Å². The molecule has 0 aliphatic heterocycles. The van der Waals surface area contributed by atoms with E-state index < -0.39 is 11.7 Å². The zero-order valence-electron chi connectivity index (χ0n) is 14.1. The highest BCUT2D eigenvalue weighted by Crippen LogP contribution is 2.24. The largest absolute Gasteiger partial charge is 0.487 e. The predicted molar refractivity (Wildman–Crippen MR) is 103 cm³/mol. The van der Waals surface area contributed by atoms with Crippen molar-refractivity contribution in [3.8, 4) is 5.75 Å². The highest BCUT2D eigenvalue weighted by Gasteiger charge is 2.14. The summed E-state index contributed by atoms with van der Waals surface area (Å²) in [5.41, 5.74) is 1.73. The molecular formula is C20H15Cl2FN2O2. The van der Waals surface area contributed by atoms with E-state index in [0.29, 0.717) is 12.4 Å². The maximum atomic E-state index is 13.5. The van der Waals surface area contributed by atoms with Crippen molar-refractivity contribution in [3.63, 3.8) is 0 Å². The second kappa shape index (κ2) is 8.84. The minimum Gasteiger partial charge on any atom is -0.487 e. The number of ether oxygens (including phenoxy) is 1. The fraction of sp³-hybridized carbons (Fsp3) is 0.100. The van der Waals surface area contributed by atoms with Crippen molar-refractivity contribution in [3.05, 3.63) is 93.5 Å². The van der Waals surface area contributed by atoms with Crippen LogP contribution in [-0.2, 0) is 13.2 Å². The number of nitrogens with one attached hydrogen (secondary N) is 1. The smallest absolute Gasteiger partial charge is 0.253 e. The zero-order valence-corrected chi connectivity index (χ0v) is 15.6. The molecule has 138 valence electrons. The molecule has 0 aliphatic carbocycles. The molecule has 0 radical (unpaired) electrons. The number of pyridine rings is 1. The molecule has 1 heterocycles. The van der Waals surface area contributed by atoms with Gasteiger partial charge >= 0.3 is 0 Å². The van der Waals surface area contributed by atoms with E-state index >= 15 is 0 Å². The molecule has 7 heteroatoms. The van der Waals surface area contributed by atoms with Gasteiger partial charge in [-0.15, -0.1) is 0 Å². The number of hydrogen-bond donors (Lipinski definition) is 1. The van der Waals surface area contributed by atoms with Crippen LogP contribution in [0.2, 0.25) is 10.0 Å². The van der Waals surface area contributed by atoms with Crippen molar-refractivity contribution < 1.29 is 13.9 Å². The van der Waals surface area contributed by atoms with Crippen LogP contribution in [0.4, 0.5) is 4.39 Å². The second-order valence-electron chi connectivity index (χ2n) is 5.68. The molecule has 0 bridgehead atoms. The summed E-state index contributed by atoms with van der Waals surface area (Å²) in [7, 11) is 0. The molecule has 1 aromatic heterocycles. The van der Waals surface area contributed by atoms with Gasteiger partial charge in [-0.3, -0.25) is 9.78 Å². The summed E-state index contributed by atoms with van der Waals surface area (Å²) >= 11 is 11.6. The van der Waals surface area contributed by atoms with Gasteiger partial charge in [0.1, 0.15) is 18.2 Å². The Morgan fingerprint density at radius 3 is 2.56 bits per heavy atom. The number of aromatic nitrogens is 1. The lowest BCUT2D eigenvalue weighted by atomic mass is 10.2. The molecule has 3 rings (SSSR count). The predicted octanol–water partition coefficient (Wildman–Crippen LogP) is 5.04. The van der Waals surface area contributed by atoms with Gasteiger partial charge in [-0.1, -0.05) is 41.4 Å². The summed E-state index contributed by atoms with van der Waals surface area (Å²) in [6, 6.07) is 15.1. The minimum atomic E-state index is -0.694. The molecule has 27 heavy (non-hydrogen) atoms. The van der Waals surface area contributed by atoms with Crippen LogP contribution in [0.3, 0.4) is 0 Å². The number of benzene rings is 2. The van der Waals surface area contributed by atoms with Gasteiger partial charge < -0.3 is 10.1 Å². The number of carbonyl (C=O) groups excluding carboxylic acids is 1. The molecule has 0 saturated heterocycles. The van der Waals surface area contributed by atoms with E-state index in [2.05, 4.69) is 10.3 Å². The van der Waals surface area contributed by atoms with Crippen molar-refractivity contribution in [1.29, 1.82) is 0 Å². The van der Waals surface area contributed by atoms with Crippen molar-refractivity contribution in [2.45, 2.75) is 13.2 Å². The first-order valence-electron chi connectivity index (χ1n) is 8.07. The van der Waals surface area contributed by atoms with Crippen LogP contribution in [0.25, 0.3) is 0 Å². The molecule has 0 aliphatic rings. The van der Waals surface area contributed by atoms with Gasteiger partial charge in [0.05, 0.1) is 21.3 Å². The Bertz CT molecular complexity index is 935. The third kappa shape index (κ3) is 5.18. The topological polar surface area (TPSA) is 51.2 Å². The van der Waals surface area contributed by atoms with E-state index in [1.165, 1.54) is 6.07 Å². The quantitative estimate of drug-likeness (QED) is 0.585. The normalized spacial score (nSPS) is 10.5. The Balaban J connectivity index is 1.55. The molecule has 4 nitrogen and oxygen atoms in total. The Kier molecular flexibility index (Phi) is 6.27. The summed E-state index contributed by atoms with van der Waals surface area (Å²) in [4.78, 5) is 16.4. The zero-order chi connectivity index (χ0) is 19.2. The van der Waals surface area contributed by atoms with Gasteiger partial charge in [0.25, 0.3) is 5.91 Å². The number of carbonyl (C=O) groups is 1. The molecule has 1 amide bonds. The Labute approximate surface area is 165 Å². The van der Waals surface area contributed by atoms with Crippen molar-refractivity contribution in [1.82, 2.24) is 10.3 Å². The van der Waals surface area contributed by atoms with Crippen LogP contribution in [0.1, 0.15) is 21.6 Å². The highest BCUT2D eigenvalue weighted by molar-refractivity contribution is 6.36. The van der Waals surface area contributed by atoms with Crippen LogP contribution in [0.15, 0.2) is 60.8 Å². The van der Waals surface area contributed by atoms with Crippen LogP contribution in [-0.4, -0.2) is 10.9 Å². The number of halogens is 3. The van der Waals surface area contributed by atoms with E-state index in [4.69, 9.17) is 27.9 Å². The molecular weight excluding hydrogens is 390 g/mol. The highest BCUT2D eigenvalue weighted by atomic mass is 35.5. The summed E-state index contributed by atoms with van der Waals surface area (Å²) < 4.78 is 19.2. The van der Waals surface area contributed by atoms with Crippen LogP contribution >= 0.6 is 23.2 Å². The van der Waals surface area contributed by atoms with Gasteiger partial charge in [-0.2, -0.15) is 0 Å². The lowest BCUT2D eigenvalue weighted by molar-refractivity contribution is 0.0950. The Hall–Kier alpha value is -2.63. The molecule has 3 aromatic rings. The monoisotopic (exact) mass is 404 g/mol. The number of rotatable bonds is 6. The van der Waals surface area contributed by atoms with E-state index in [-0.39, 0.29) is 22.2 Å². The van der Waals surface area contributed by atoms with E-state index in [9.17, 15) is 9.18 Å². The van der Waals surface area contributed by atoms with E-state index in [1.54, 1.807) is 18.3 Å². The van der Waals surface area contributed by atoms with Gasteiger partial charge in [0, 0.05) is 12.7 Å². The summed E-state index contributed by atoms with van der Waals surface area (Å²) in [6.45, 7) is 0.636. The number of amides is 1. The minimum absolute atomic E-state index is 0.0360. The second-order valence-corrected chi connectivity index (χ2v) is 6.50. The van der Waals surface area contributed by atoms with E-state index in [0.717, 1.165) is 17.3 Å². The third-order valence-electron chi connectivity index (χ3n) is 3.74. The van der Waals surface area contributed by atoms with Gasteiger partial charge in [0.15, 0.2) is 0 Å². The third-order valence-corrected chi connectivity index (χ3v) is 4.35. The average Bonchev–Trinajstić information content (AvgIpc) is 2.69. The van der Waals surface area contributed by atoms with Gasteiger partial charge in [0.2, 0.25) is 0 Å². The molecule has 0 unspecified atom stereocenters. The number of hydrogen-bond acceptors (Lipinski definition) is 3. The molecule has 0 saturated carbocycles. The Morgan fingerprint density at radius 1 is 1.07 bits per heavy atom. The SMILES string of the molecule is O=C(NCc1ccc(OCc2ccccn2)cc1)c1cc(F)c(Cl)cc1Cl. The van der Waals surface area contributed by atoms with Crippen molar-refractivity contribution in [2.24, 2.45) is 0 Å². The lowest BCUT2D eigenvalue weighted by Crippen LogP contribution is -2.23. The lowest BCUT2D eigenvalue weighted by Gasteiger charge is -2.09. The fourth-order valence-electron chi connectivity index (χ4n) is 2.32. The molecule has 1 N–H and O–H groups in total. The summed E-state index contributed by atoms with van der Waals surface area (Å²) in [5, 5.41) is 2.66. The summed E-state index contributed by atoms with van der Waals surface area (Å²) in [5.74, 6) is -0.481. The molecule has 2 aromatic carbocycles. The van der Waals surface area contributed by atoms with Crippen LogP contribution < -0.4 is 10.1 Å². The first-order valence-corrected chi connectivity index (χ1v) is 8.83. The number of nitrogens with zero attached hydrogens (tertiary/aromatic N) is 1. The van der Waals surface area contributed by atoms with Gasteiger partial charge in [-0.25, -0.2) is 4.39 Å². The van der Waals surface area contributed by atoms with Crippen LogP contribution in [0.5, 0.6) is 5.75 Å². The van der Waals surface area contributed by atoms with Crippen LogP contribution in [0, 0.1) is 5.82 Å². The molecule has 0 fully saturated rings. The standard InChI is InChI=1S/C20H15Cl2FN2O2/c21-17-10-18(22)19(23)9-16(17)20(26)25-11-13-4-6-15(7-5-13)27-12-14-3-1-2-8-24-14/h1-10H,11-12H2,(H,25,26). The summed E-state index contributed by atoms with van der Waals surface area (Å²) in [6.07, 6.45) is 1.71.